The van der Waals surface area contributed by atoms with E-state index in [2.05, 4.69) is 0 Å². The summed E-state index contributed by atoms with van der Waals surface area (Å²) in [6, 6.07) is 7.60. The molecule has 0 unspecified atom stereocenters. The first-order chi connectivity index (χ1) is 8.91. The number of phenols is 1. The van der Waals surface area contributed by atoms with Crippen molar-refractivity contribution in [2.75, 3.05) is 0 Å². The van der Waals surface area contributed by atoms with Gasteiger partial charge in [-0.15, -0.1) is 0 Å². The molecule has 0 aromatic heterocycles. The fraction of sp³-hybridized carbons (Fsp3) is 0.143. The maximum atomic E-state index is 10.6. The lowest BCUT2D eigenvalue weighted by atomic mass is 9.97. The third-order valence-corrected chi connectivity index (χ3v) is 3.61. The number of nitro benzene ring substituents is 1. The maximum Gasteiger partial charge on any atom is 0.269 e. The van der Waals surface area contributed by atoms with E-state index in [1.165, 1.54) is 12.1 Å². The van der Waals surface area contributed by atoms with E-state index in [0.29, 0.717) is 16.1 Å². The monoisotopic (exact) mass is 277 g/mol. The van der Waals surface area contributed by atoms with Gasteiger partial charge in [-0.25, -0.2) is 0 Å². The standard InChI is InChI=1S/C14H12ClNO3/c1-8-7-12(17)13(9(2)14(8)15)10-3-5-11(6-4-10)16(18)19/h3-7,17H,1-2H3. The summed E-state index contributed by atoms with van der Waals surface area (Å²) in [7, 11) is 0. The Bertz CT molecular complexity index is 651. The average Bonchev–Trinajstić information content (AvgIpc) is 2.37. The summed E-state index contributed by atoms with van der Waals surface area (Å²) in [5.74, 6) is 0.119. The molecule has 19 heavy (non-hydrogen) atoms. The number of aryl methyl sites for hydroxylation is 1. The van der Waals surface area contributed by atoms with Gasteiger partial charge in [0.2, 0.25) is 0 Å². The summed E-state index contributed by atoms with van der Waals surface area (Å²) in [6.07, 6.45) is 0. The van der Waals surface area contributed by atoms with Gasteiger partial charge < -0.3 is 5.11 Å². The number of halogens is 1. The lowest BCUT2D eigenvalue weighted by Gasteiger charge is -2.12. The lowest BCUT2D eigenvalue weighted by molar-refractivity contribution is -0.384. The van der Waals surface area contributed by atoms with Gasteiger partial charge in [-0.1, -0.05) is 11.6 Å². The second-order valence-corrected chi connectivity index (χ2v) is 4.71. The van der Waals surface area contributed by atoms with E-state index < -0.39 is 4.92 Å². The molecule has 0 fully saturated rings. The van der Waals surface area contributed by atoms with Gasteiger partial charge >= 0.3 is 0 Å². The van der Waals surface area contributed by atoms with Crippen LogP contribution in [0, 0.1) is 24.0 Å². The molecule has 0 radical (unpaired) electrons. The van der Waals surface area contributed by atoms with Crippen LogP contribution in [0.5, 0.6) is 5.75 Å². The number of benzene rings is 2. The molecule has 0 saturated carbocycles. The molecule has 2 rings (SSSR count). The van der Waals surface area contributed by atoms with E-state index in [9.17, 15) is 15.2 Å². The molecule has 0 aliphatic rings. The minimum Gasteiger partial charge on any atom is -0.507 e. The van der Waals surface area contributed by atoms with E-state index in [1.54, 1.807) is 18.2 Å². The number of nitrogens with zero attached hydrogens (tertiary/aromatic N) is 1. The number of hydrogen-bond donors (Lipinski definition) is 1. The van der Waals surface area contributed by atoms with Crippen LogP contribution in [0.1, 0.15) is 11.1 Å². The lowest BCUT2D eigenvalue weighted by Crippen LogP contribution is -1.91. The molecule has 0 amide bonds. The number of non-ortho nitro benzene ring substituents is 1. The summed E-state index contributed by atoms with van der Waals surface area (Å²) in [5, 5.41) is 21.2. The summed E-state index contributed by atoms with van der Waals surface area (Å²) in [4.78, 5) is 10.2. The first kappa shape index (κ1) is 13.4. The Balaban J connectivity index is 2.59. The van der Waals surface area contributed by atoms with Crippen molar-refractivity contribution in [3.8, 4) is 16.9 Å². The summed E-state index contributed by atoms with van der Waals surface area (Å²) in [5.41, 5.74) is 2.86. The van der Waals surface area contributed by atoms with Gasteiger partial charge in [0.25, 0.3) is 5.69 Å². The predicted octanol–water partition coefficient (Wildman–Crippen LogP) is 4.24. The largest absolute Gasteiger partial charge is 0.507 e. The SMILES string of the molecule is Cc1cc(O)c(-c2ccc([N+](=O)[O-])cc2)c(C)c1Cl. The smallest absolute Gasteiger partial charge is 0.269 e. The zero-order chi connectivity index (χ0) is 14.2. The highest BCUT2D eigenvalue weighted by molar-refractivity contribution is 6.32. The average molecular weight is 278 g/mol. The van der Waals surface area contributed by atoms with Crippen LogP contribution in [0.15, 0.2) is 30.3 Å². The zero-order valence-corrected chi connectivity index (χ0v) is 11.2. The van der Waals surface area contributed by atoms with Crippen LogP contribution in [0.3, 0.4) is 0 Å². The second kappa shape index (κ2) is 4.90. The number of aromatic hydroxyl groups is 1. The molecule has 98 valence electrons. The predicted molar refractivity (Wildman–Crippen MR) is 74.7 cm³/mol. The first-order valence-electron chi connectivity index (χ1n) is 5.65. The van der Waals surface area contributed by atoms with Gasteiger partial charge in [0.1, 0.15) is 5.75 Å². The molecule has 0 atom stereocenters. The van der Waals surface area contributed by atoms with Crippen LogP contribution < -0.4 is 0 Å². The normalized spacial score (nSPS) is 10.5. The quantitative estimate of drug-likeness (QED) is 0.660. The Hall–Kier alpha value is -2.07. The first-order valence-corrected chi connectivity index (χ1v) is 6.03. The van der Waals surface area contributed by atoms with Crippen LogP contribution in [-0.2, 0) is 0 Å². The molecule has 0 aliphatic carbocycles. The van der Waals surface area contributed by atoms with Crippen molar-refractivity contribution in [3.63, 3.8) is 0 Å². The van der Waals surface area contributed by atoms with Crippen molar-refractivity contribution in [3.05, 3.63) is 56.6 Å². The van der Waals surface area contributed by atoms with Gasteiger partial charge in [-0.2, -0.15) is 0 Å². The highest BCUT2D eigenvalue weighted by Crippen LogP contribution is 2.38. The molecule has 0 bridgehead atoms. The number of nitro groups is 1. The van der Waals surface area contributed by atoms with Crippen LogP contribution >= 0.6 is 11.6 Å². The number of phenolic OH excluding ortho intramolecular Hbond substituents is 1. The molecule has 1 N–H and O–H groups in total. The second-order valence-electron chi connectivity index (χ2n) is 4.33. The fourth-order valence-corrected chi connectivity index (χ4v) is 2.20. The fourth-order valence-electron chi connectivity index (χ4n) is 2.05. The highest BCUT2D eigenvalue weighted by atomic mass is 35.5. The summed E-state index contributed by atoms with van der Waals surface area (Å²) >= 11 is 6.17. The third kappa shape index (κ3) is 2.39. The summed E-state index contributed by atoms with van der Waals surface area (Å²) in [6.45, 7) is 3.63. The van der Waals surface area contributed by atoms with Crippen molar-refractivity contribution in [1.29, 1.82) is 0 Å². The molecular formula is C14H12ClNO3. The molecule has 0 aliphatic heterocycles. The molecule has 2 aromatic carbocycles. The molecular weight excluding hydrogens is 266 g/mol. The number of hydrogen-bond acceptors (Lipinski definition) is 3. The minimum atomic E-state index is -0.460. The van der Waals surface area contributed by atoms with E-state index >= 15 is 0 Å². The molecule has 0 heterocycles. The summed E-state index contributed by atoms with van der Waals surface area (Å²) < 4.78 is 0. The van der Waals surface area contributed by atoms with Crippen LogP contribution in [0.4, 0.5) is 5.69 Å². The third-order valence-electron chi connectivity index (χ3n) is 3.03. The van der Waals surface area contributed by atoms with Crippen molar-refractivity contribution in [2.45, 2.75) is 13.8 Å². The van der Waals surface area contributed by atoms with Crippen LogP contribution in [-0.4, -0.2) is 10.0 Å². The van der Waals surface area contributed by atoms with Gasteiger partial charge in [0.05, 0.1) is 4.92 Å². The van der Waals surface area contributed by atoms with Gasteiger partial charge in [-0.05, 0) is 48.7 Å². The molecule has 0 spiro atoms. The molecule has 2 aromatic rings. The molecule has 5 heteroatoms. The molecule has 4 nitrogen and oxygen atoms in total. The van der Waals surface area contributed by atoms with Crippen molar-refractivity contribution in [2.24, 2.45) is 0 Å². The Morgan fingerprint density at radius 1 is 1.21 bits per heavy atom. The van der Waals surface area contributed by atoms with Gasteiger partial charge in [-0.3, -0.25) is 10.1 Å². The Labute approximate surface area is 115 Å². The van der Waals surface area contributed by atoms with Crippen LogP contribution in [0.2, 0.25) is 5.02 Å². The van der Waals surface area contributed by atoms with Gasteiger partial charge in [0.15, 0.2) is 0 Å². The highest BCUT2D eigenvalue weighted by Gasteiger charge is 2.14. The van der Waals surface area contributed by atoms with E-state index in [4.69, 9.17) is 11.6 Å². The van der Waals surface area contributed by atoms with Crippen LogP contribution in [0.25, 0.3) is 11.1 Å². The maximum absolute atomic E-state index is 10.6. The van der Waals surface area contributed by atoms with E-state index in [-0.39, 0.29) is 11.4 Å². The van der Waals surface area contributed by atoms with Gasteiger partial charge in [0, 0.05) is 22.7 Å². The Morgan fingerprint density at radius 2 is 1.79 bits per heavy atom. The Morgan fingerprint density at radius 3 is 2.32 bits per heavy atom. The molecule has 0 saturated heterocycles. The number of rotatable bonds is 2. The minimum absolute atomic E-state index is 0.0131. The van der Waals surface area contributed by atoms with Crippen molar-refractivity contribution >= 4 is 17.3 Å². The Kier molecular flexibility index (Phi) is 3.44. The van der Waals surface area contributed by atoms with Crippen molar-refractivity contribution in [1.82, 2.24) is 0 Å². The zero-order valence-electron chi connectivity index (χ0n) is 10.5. The van der Waals surface area contributed by atoms with Crippen molar-refractivity contribution < 1.29 is 10.0 Å². The topological polar surface area (TPSA) is 63.4 Å². The van der Waals surface area contributed by atoms with E-state index in [1.807, 2.05) is 13.8 Å². The van der Waals surface area contributed by atoms with E-state index in [0.717, 1.165) is 11.1 Å².